The number of alkyl halides is 2. The molecular formula is C10H11F2N3O. The summed E-state index contributed by atoms with van der Waals surface area (Å²) in [4.78, 5) is 3.04. The van der Waals surface area contributed by atoms with Crippen LogP contribution >= 0.6 is 0 Å². The standard InChI is InChI=1S/C10H11F2N3O/c11-10(12)16-5-4-15-7-8(6-14-15)9-2-1-3-13-9/h1-3,6-7,10,13H,4-5H2. The molecule has 2 heterocycles. The molecule has 2 rings (SSSR count). The van der Waals surface area contributed by atoms with Crippen LogP contribution in [0.5, 0.6) is 0 Å². The zero-order valence-electron chi connectivity index (χ0n) is 8.44. The van der Waals surface area contributed by atoms with Crippen molar-refractivity contribution in [2.24, 2.45) is 0 Å². The molecular weight excluding hydrogens is 216 g/mol. The summed E-state index contributed by atoms with van der Waals surface area (Å²) in [6.07, 6.45) is 5.27. The highest BCUT2D eigenvalue weighted by Crippen LogP contribution is 2.15. The Labute approximate surface area is 90.8 Å². The van der Waals surface area contributed by atoms with Gasteiger partial charge >= 0.3 is 6.61 Å². The number of nitrogens with zero attached hydrogens (tertiary/aromatic N) is 2. The van der Waals surface area contributed by atoms with Crippen molar-refractivity contribution in [1.29, 1.82) is 0 Å². The molecule has 0 aliphatic rings. The molecule has 0 aliphatic carbocycles. The Hall–Kier alpha value is -1.69. The number of halogens is 2. The van der Waals surface area contributed by atoms with Gasteiger partial charge in [0.25, 0.3) is 0 Å². The molecule has 0 fully saturated rings. The Morgan fingerprint density at radius 2 is 2.38 bits per heavy atom. The van der Waals surface area contributed by atoms with E-state index in [1.54, 1.807) is 17.1 Å². The van der Waals surface area contributed by atoms with Gasteiger partial charge in [0, 0.05) is 23.7 Å². The molecule has 0 aromatic carbocycles. The molecule has 0 radical (unpaired) electrons. The highest BCUT2D eigenvalue weighted by Gasteiger charge is 2.04. The maximum absolute atomic E-state index is 11.7. The second-order valence-electron chi connectivity index (χ2n) is 3.21. The molecule has 6 heteroatoms. The molecule has 0 saturated carbocycles. The summed E-state index contributed by atoms with van der Waals surface area (Å²) in [5.74, 6) is 0. The maximum Gasteiger partial charge on any atom is 0.345 e. The van der Waals surface area contributed by atoms with Crippen LogP contribution in [0.15, 0.2) is 30.7 Å². The molecule has 0 atom stereocenters. The van der Waals surface area contributed by atoms with Crippen molar-refractivity contribution in [2.45, 2.75) is 13.2 Å². The molecule has 0 unspecified atom stereocenters. The number of nitrogens with one attached hydrogen (secondary N) is 1. The zero-order valence-corrected chi connectivity index (χ0v) is 8.44. The highest BCUT2D eigenvalue weighted by molar-refractivity contribution is 5.56. The number of hydrogen-bond acceptors (Lipinski definition) is 2. The van der Waals surface area contributed by atoms with Crippen LogP contribution in [0, 0.1) is 0 Å². The van der Waals surface area contributed by atoms with Gasteiger partial charge in [-0.2, -0.15) is 13.9 Å². The van der Waals surface area contributed by atoms with E-state index in [1.807, 2.05) is 18.3 Å². The lowest BCUT2D eigenvalue weighted by atomic mass is 10.3. The molecule has 4 nitrogen and oxygen atoms in total. The molecule has 2 aromatic heterocycles. The van der Waals surface area contributed by atoms with E-state index in [0.29, 0.717) is 6.54 Å². The average molecular weight is 227 g/mol. The van der Waals surface area contributed by atoms with Gasteiger partial charge in [-0.1, -0.05) is 0 Å². The first-order valence-electron chi connectivity index (χ1n) is 4.81. The number of aromatic nitrogens is 3. The van der Waals surface area contributed by atoms with Gasteiger partial charge in [-0.3, -0.25) is 4.68 Å². The van der Waals surface area contributed by atoms with E-state index in [4.69, 9.17) is 0 Å². The zero-order chi connectivity index (χ0) is 11.4. The smallest absolute Gasteiger partial charge is 0.345 e. The first-order chi connectivity index (χ1) is 7.75. The molecule has 2 aromatic rings. The summed E-state index contributed by atoms with van der Waals surface area (Å²) >= 11 is 0. The molecule has 0 aliphatic heterocycles. The quantitative estimate of drug-likeness (QED) is 0.850. The Morgan fingerprint density at radius 3 is 3.06 bits per heavy atom. The molecule has 0 saturated heterocycles. The van der Waals surface area contributed by atoms with Crippen LogP contribution in [0.1, 0.15) is 0 Å². The van der Waals surface area contributed by atoms with Crippen LogP contribution in [0.25, 0.3) is 11.3 Å². The number of rotatable bonds is 5. The lowest BCUT2D eigenvalue weighted by Gasteiger charge is -2.01. The summed E-state index contributed by atoms with van der Waals surface area (Å²) in [7, 11) is 0. The van der Waals surface area contributed by atoms with Crippen LogP contribution in [0.2, 0.25) is 0 Å². The van der Waals surface area contributed by atoms with Crippen LogP contribution in [0.4, 0.5) is 8.78 Å². The number of H-pyrrole nitrogens is 1. The van der Waals surface area contributed by atoms with Crippen LogP contribution in [0.3, 0.4) is 0 Å². The van der Waals surface area contributed by atoms with Crippen molar-refractivity contribution in [2.75, 3.05) is 6.61 Å². The van der Waals surface area contributed by atoms with Gasteiger partial charge in [0.2, 0.25) is 0 Å². The Kier molecular flexibility index (Phi) is 3.31. The van der Waals surface area contributed by atoms with Gasteiger partial charge in [-0.15, -0.1) is 0 Å². The summed E-state index contributed by atoms with van der Waals surface area (Å²) in [6.45, 7) is -2.47. The summed E-state index contributed by atoms with van der Waals surface area (Å²) < 4.78 is 29.1. The van der Waals surface area contributed by atoms with Crippen molar-refractivity contribution in [1.82, 2.24) is 14.8 Å². The molecule has 86 valence electrons. The first kappa shape index (κ1) is 10.8. The SMILES string of the molecule is FC(F)OCCn1cc(-c2ccc[nH]2)cn1. The minimum atomic E-state index is -2.72. The lowest BCUT2D eigenvalue weighted by Crippen LogP contribution is -2.09. The third kappa shape index (κ3) is 2.66. The fraction of sp³-hybridized carbons (Fsp3) is 0.300. The molecule has 0 spiro atoms. The van der Waals surface area contributed by atoms with Gasteiger partial charge in [0.15, 0.2) is 0 Å². The highest BCUT2D eigenvalue weighted by atomic mass is 19.3. The van der Waals surface area contributed by atoms with Crippen LogP contribution < -0.4 is 0 Å². The van der Waals surface area contributed by atoms with E-state index in [1.165, 1.54) is 0 Å². The van der Waals surface area contributed by atoms with Crippen molar-refractivity contribution < 1.29 is 13.5 Å². The van der Waals surface area contributed by atoms with Gasteiger partial charge in [-0.25, -0.2) is 0 Å². The Bertz CT molecular complexity index is 425. The Balaban J connectivity index is 1.93. The monoisotopic (exact) mass is 227 g/mol. The first-order valence-corrected chi connectivity index (χ1v) is 4.81. The predicted molar refractivity (Wildman–Crippen MR) is 54.0 cm³/mol. The lowest BCUT2D eigenvalue weighted by molar-refractivity contribution is -0.130. The summed E-state index contributed by atoms with van der Waals surface area (Å²) in [5, 5.41) is 4.04. The van der Waals surface area contributed by atoms with Crippen molar-refractivity contribution >= 4 is 0 Å². The number of hydrogen-bond donors (Lipinski definition) is 1. The van der Waals surface area contributed by atoms with Gasteiger partial charge < -0.3 is 9.72 Å². The fourth-order valence-electron chi connectivity index (χ4n) is 1.37. The van der Waals surface area contributed by atoms with Crippen molar-refractivity contribution in [3.63, 3.8) is 0 Å². The molecule has 0 amide bonds. The summed E-state index contributed by atoms with van der Waals surface area (Å²) in [6, 6.07) is 3.80. The second kappa shape index (κ2) is 4.89. The van der Waals surface area contributed by atoms with E-state index >= 15 is 0 Å². The topological polar surface area (TPSA) is 42.8 Å². The third-order valence-electron chi connectivity index (χ3n) is 2.11. The van der Waals surface area contributed by atoms with Gasteiger partial charge in [-0.05, 0) is 12.1 Å². The molecule has 0 bridgehead atoms. The largest absolute Gasteiger partial charge is 0.361 e. The third-order valence-corrected chi connectivity index (χ3v) is 2.11. The predicted octanol–water partition coefficient (Wildman–Crippen LogP) is 2.12. The van der Waals surface area contributed by atoms with E-state index in [9.17, 15) is 8.78 Å². The fourth-order valence-corrected chi connectivity index (χ4v) is 1.37. The minimum absolute atomic E-state index is 0.0521. The number of ether oxygens (including phenoxy) is 1. The molecule has 16 heavy (non-hydrogen) atoms. The van der Waals surface area contributed by atoms with E-state index in [2.05, 4.69) is 14.8 Å². The summed E-state index contributed by atoms with van der Waals surface area (Å²) in [5.41, 5.74) is 1.86. The molecule has 1 N–H and O–H groups in total. The van der Waals surface area contributed by atoms with Crippen molar-refractivity contribution in [3.8, 4) is 11.3 Å². The normalized spacial score (nSPS) is 11.2. The van der Waals surface area contributed by atoms with Crippen LogP contribution in [-0.2, 0) is 11.3 Å². The Morgan fingerprint density at radius 1 is 1.50 bits per heavy atom. The minimum Gasteiger partial charge on any atom is -0.361 e. The van der Waals surface area contributed by atoms with Crippen LogP contribution in [-0.4, -0.2) is 28.0 Å². The van der Waals surface area contributed by atoms with Gasteiger partial charge in [0.1, 0.15) is 0 Å². The van der Waals surface area contributed by atoms with E-state index < -0.39 is 6.61 Å². The average Bonchev–Trinajstić information content (AvgIpc) is 2.85. The van der Waals surface area contributed by atoms with Crippen molar-refractivity contribution in [3.05, 3.63) is 30.7 Å². The van der Waals surface area contributed by atoms with E-state index in [0.717, 1.165) is 11.3 Å². The number of aromatic amines is 1. The second-order valence-corrected chi connectivity index (χ2v) is 3.21. The van der Waals surface area contributed by atoms with Gasteiger partial charge in [0.05, 0.1) is 19.3 Å². The maximum atomic E-state index is 11.7. The van der Waals surface area contributed by atoms with E-state index in [-0.39, 0.29) is 6.61 Å².